The second kappa shape index (κ2) is 7.45. The summed E-state index contributed by atoms with van der Waals surface area (Å²) in [6, 6.07) is 10.8. The minimum atomic E-state index is -0.689. The Balaban J connectivity index is 1.65. The summed E-state index contributed by atoms with van der Waals surface area (Å²) < 4.78 is 0. The summed E-state index contributed by atoms with van der Waals surface area (Å²) >= 11 is 1.28. The van der Waals surface area contributed by atoms with Gasteiger partial charge in [0.1, 0.15) is 12.1 Å². The highest BCUT2D eigenvalue weighted by molar-refractivity contribution is 7.17. The van der Waals surface area contributed by atoms with E-state index in [2.05, 4.69) is 16.4 Å². The van der Waals surface area contributed by atoms with E-state index in [9.17, 15) is 9.59 Å². The molecule has 1 aliphatic rings. The summed E-state index contributed by atoms with van der Waals surface area (Å²) in [7, 11) is 0. The van der Waals surface area contributed by atoms with Crippen molar-refractivity contribution >= 4 is 23.2 Å². The summed E-state index contributed by atoms with van der Waals surface area (Å²) in [6.45, 7) is 2.20. The molecule has 0 radical (unpaired) electrons. The number of nitriles is 1. The van der Waals surface area contributed by atoms with E-state index in [4.69, 9.17) is 5.26 Å². The van der Waals surface area contributed by atoms with Gasteiger partial charge in [-0.25, -0.2) is 4.98 Å². The van der Waals surface area contributed by atoms with Crippen LogP contribution in [0.3, 0.4) is 0 Å². The zero-order valence-electron chi connectivity index (χ0n) is 13.8. The molecule has 1 N–H and O–H groups in total. The van der Waals surface area contributed by atoms with Crippen molar-refractivity contribution in [1.82, 2.24) is 15.2 Å². The molecule has 25 heavy (non-hydrogen) atoms. The average molecular weight is 354 g/mol. The van der Waals surface area contributed by atoms with Gasteiger partial charge in [-0.1, -0.05) is 30.3 Å². The van der Waals surface area contributed by atoms with E-state index in [1.54, 1.807) is 18.0 Å². The number of benzene rings is 1. The van der Waals surface area contributed by atoms with Gasteiger partial charge >= 0.3 is 0 Å². The molecular formula is C18H18N4O2S. The molecule has 1 aromatic carbocycles. The Morgan fingerprint density at radius 3 is 2.88 bits per heavy atom. The Bertz CT molecular complexity index is 812. The van der Waals surface area contributed by atoms with Crippen molar-refractivity contribution < 1.29 is 9.59 Å². The van der Waals surface area contributed by atoms with Crippen molar-refractivity contribution in [2.24, 2.45) is 0 Å². The minimum Gasteiger partial charge on any atom is -0.338 e. The fourth-order valence-corrected chi connectivity index (χ4v) is 3.67. The number of hydrogen-bond donors (Lipinski definition) is 1. The van der Waals surface area contributed by atoms with Crippen LogP contribution in [0.2, 0.25) is 0 Å². The molecule has 2 aromatic rings. The molecule has 128 valence electrons. The standard InChI is InChI=1S/C18H18N4O2S/c1-12(18(24)22-9-5-8-14(22)10-19)21-16(23)17-20-11-15(25-17)13-6-3-2-4-7-13/h2-4,6-7,11-12,14H,5,8-9H2,1H3,(H,21,23)/t12-,14-/m0/s1. The molecule has 0 spiro atoms. The van der Waals surface area contributed by atoms with E-state index in [0.717, 1.165) is 16.9 Å². The van der Waals surface area contributed by atoms with Gasteiger partial charge in [-0.05, 0) is 25.3 Å². The van der Waals surface area contributed by atoms with Crippen LogP contribution < -0.4 is 5.32 Å². The number of hydrogen-bond acceptors (Lipinski definition) is 5. The average Bonchev–Trinajstić information content (AvgIpc) is 3.31. The molecule has 1 saturated heterocycles. The number of nitrogens with zero attached hydrogens (tertiary/aromatic N) is 3. The molecular weight excluding hydrogens is 336 g/mol. The minimum absolute atomic E-state index is 0.225. The van der Waals surface area contributed by atoms with E-state index in [-0.39, 0.29) is 11.8 Å². The molecule has 0 saturated carbocycles. The van der Waals surface area contributed by atoms with Crippen molar-refractivity contribution in [2.45, 2.75) is 31.8 Å². The lowest BCUT2D eigenvalue weighted by Crippen LogP contribution is -2.48. The van der Waals surface area contributed by atoms with Gasteiger partial charge in [-0.2, -0.15) is 5.26 Å². The van der Waals surface area contributed by atoms with Gasteiger partial charge in [-0.15, -0.1) is 11.3 Å². The van der Waals surface area contributed by atoms with Crippen LogP contribution in [0, 0.1) is 11.3 Å². The lowest BCUT2D eigenvalue weighted by molar-refractivity contribution is -0.132. The maximum atomic E-state index is 12.5. The van der Waals surface area contributed by atoms with Gasteiger partial charge < -0.3 is 10.2 Å². The quantitative estimate of drug-likeness (QED) is 0.914. The number of nitrogens with one attached hydrogen (secondary N) is 1. The van der Waals surface area contributed by atoms with Crippen LogP contribution in [-0.2, 0) is 4.79 Å². The third-order valence-corrected chi connectivity index (χ3v) is 5.21. The Hall–Kier alpha value is -2.72. The molecule has 1 aliphatic heterocycles. The summed E-state index contributed by atoms with van der Waals surface area (Å²) in [5.41, 5.74) is 0.997. The number of thiazole rings is 1. The predicted octanol–water partition coefficient (Wildman–Crippen LogP) is 2.44. The lowest BCUT2D eigenvalue weighted by Gasteiger charge is -2.23. The maximum Gasteiger partial charge on any atom is 0.280 e. The first-order valence-corrected chi connectivity index (χ1v) is 8.94. The van der Waals surface area contributed by atoms with Crippen molar-refractivity contribution in [3.63, 3.8) is 0 Å². The van der Waals surface area contributed by atoms with Gasteiger partial charge in [0.05, 0.1) is 10.9 Å². The second-order valence-electron chi connectivity index (χ2n) is 5.91. The highest BCUT2D eigenvalue weighted by Gasteiger charge is 2.32. The van der Waals surface area contributed by atoms with Crippen molar-refractivity contribution in [3.8, 4) is 16.5 Å². The molecule has 6 nitrogen and oxygen atoms in total. The molecule has 2 heterocycles. The highest BCUT2D eigenvalue weighted by atomic mass is 32.1. The number of aromatic nitrogens is 1. The number of amides is 2. The fourth-order valence-electron chi connectivity index (χ4n) is 2.85. The Morgan fingerprint density at radius 1 is 1.40 bits per heavy atom. The van der Waals surface area contributed by atoms with E-state index < -0.39 is 12.1 Å². The second-order valence-corrected chi connectivity index (χ2v) is 6.94. The Morgan fingerprint density at radius 2 is 2.16 bits per heavy atom. The number of rotatable bonds is 4. The normalized spacial score (nSPS) is 17.8. The zero-order valence-corrected chi connectivity index (χ0v) is 14.6. The number of carbonyl (C=O) groups excluding carboxylic acids is 2. The first kappa shape index (κ1) is 17.1. The predicted molar refractivity (Wildman–Crippen MR) is 94.8 cm³/mol. The summed E-state index contributed by atoms with van der Waals surface area (Å²) in [5, 5.41) is 12.1. The lowest BCUT2D eigenvalue weighted by atomic mass is 10.2. The molecule has 0 unspecified atom stereocenters. The fraction of sp³-hybridized carbons (Fsp3) is 0.333. The number of likely N-dealkylation sites (tertiary alicyclic amines) is 1. The third kappa shape index (κ3) is 3.69. The molecule has 0 aliphatic carbocycles. The first-order valence-electron chi connectivity index (χ1n) is 8.12. The van der Waals surface area contributed by atoms with Gasteiger partial charge in [0.15, 0.2) is 5.01 Å². The van der Waals surface area contributed by atoms with Gasteiger partial charge in [0.2, 0.25) is 5.91 Å². The van der Waals surface area contributed by atoms with Crippen molar-refractivity contribution in [1.29, 1.82) is 5.26 Å². The molecule has 0 bridgehead atoms. The van der Waals surface area contributed by atoms with Crippen LogP contribution in [0.15, 0.2) is 36.5 Å². The SMILES string of the molecule is C[C@H](NC(=O)c1ncc(-c2ccccc2)s1)C(=O)N1CCC[C@H]1C#N. The molecule has 1 fully saturated rings. The Kier molecular flexibility index (Phi) is 5.10. The van der Waals surface area contributed by atoms with E-state index in [1.807, 2.05) is 30.3 Å². The van der Waals surface area contributed by atoms with Crippen LogP contribution >= 0.6 is 11.3 Å². The van der Waals surface area contributed by atoms with Gasteiger partial charge in [0.25, 0.3) is 5.91 Å². The van der Waals surface area contributed by atoms with Gasteiger partial charge in [-0.3, -0.25) is 9.59 Å². The van der Waals surface area contributed by atoms with Crippen LogP contribution in [0.5, 0.6) is 0 Å². The molecule has 2 atom stereocenters. The summed E-state index contributed by atoms with van der Waals surface area (Å²) in [5.74, 6) is -0.599. The van der Waals surface area contributed by atoms with Crippen molar-refractivity contribution in [3.05, 3.63) is 41.5 Å². The smallest absolute Gasteiger partial charge is 0.280 e. The Labute approximate surface area is 150 Å². The third-order valence-electron chi connectivity index (χ3n) is 4.16. The van der Waals surface area contributed by atoms with E-state index in [0.29, 0.717) is 18.0 Å². The molecule has 7 heteroatoms. The van der Waals surface area contributed by atoms with Crippen LogP contribution in [0.1, 0.15) is 29.6 Å². The monoisotopic (exact) mass is 354 g/mol. The highest BCUT2D eigenvalue weighted by Crippen LogP contribution is 2.25. The van der Waals surface area contributed by atoms with E-state index in [1.165, 1.54) is 11.3 Å². The molecule has 1 aromatic heterocycles. The molecule has 3 rings (SSSR count). The zero-order chi connectivity index (χ0) is 17.8. The summed E-state index contributed by atoms with van der Waals surface area (Å²) in [6.07, 6.45) is 3.17. The van der Waals surface area contributed by atoms with Crippen LogP contribution in [0.4, 0.5) is 0 Å². The largest absolute Gasteiger partial charge is 0.338 e. The molecule has 2 amide bonds. The van der Waals surface area contributed by atoms with Crippen LogP contribution in [-0.4, -0.2) is 40.3 Å². The summed E-state index contributed by atoms with van der Waals surface area (Å²) in [4.78, 5) is 31.4. The van der Waals surface area contributed by atoms with E-state index >= 15 is 0 Å². The first-order chi connectivity index (χ1) is 12.1. The number of carbonyl (C=O) groups is 2. The van der Waals surface area contributed by atoms with Gasteiger partial charge in [0, 0.05) is 12.7 Å². The van der Waals surface area contributed by atoms with Crippen LogP contribution in [0.25, 0.3) is 10.4 Å². The van der Waals surface area contributed by atoms with Crippen molar-refractivity contribution in [2.75, 3.05) is 6.54 Å². The maximum absolute atomic E-state index is 12.5. The topological polar surface area (TPSA) is 86.1 Å².